The fourth-order valence-electron chi connectivity index (χ4n) is 3.22. The molecule has 28 heavy (non-hydrogen) atoms. The van der Waals surface area contributed by atoms with Gasteiger partial charge in [-0.1, -0.05) is 74.0 Å². The molecule has 0 aliphatic carbocycles. The standard InChI is InChI=1S/C23H23NO4/c1-2-9-18(23(26)27)24-22(25)20-15-14-19(28-20)21(16-10-5-3-6-11-16)17-12-7-4-8-13-17/h3-8,10-15,18,21H,2,9H2,1H3,(H,24,25)(H,26,27). The van der Waals surface area contributed by atoms with Crippen LogP contribution < -0.4 is 5.32 Å². The van der Waals surface area contributed by atoms with E-state index in [1.54, 1.807) is 12.1 Å². The molecule has 0 aliphatic rings. The fraction of sp³-hybridized carbons (Fsp3) is 0.217. The minimum atomic E-state index is -1.05. The molecule has 3 rings (SSSR count). The number of amides is 1. The molecule has 1 atom stereocenters. The average molecular weight is 377 g/mol. The molecule has 0 aliphatic heterocycles. The third-order valence-electron chi connectivity index (χ3n) is 4.58. The molecule has 2 aromatic carbocycles. The second-order valence-electron chi connectivity index (χ2n) is 6.61. The van der Waals surface area contributed by atoms with Gasteiger partial charge in [-0.3, -0.25) is 4.79 Å². The summed E-state index contributed by atoms with van der Waals surface area (Å²) < 4.78 is 5.87. The molecular formula is C23H23NO4. The van der Waals surface area contributed by atoms with E-state index in [1.165, 1.54) is 0 Å². The van der Waals surface area contributed by atoms with Gasteiger partial charge in [-0.15, -0.1) is 0 Å². The van der Waals surface area contributed by atoms with Crippen LogP contribution in [0.4, 0.5) is 0 Å². The largest absolute Gasteiger partial charge is 0.480 e. The Morgan fingerprint density at radius 1 is 0.929 bits per heavy atom. The first-order chi connectivity index (χ1) is 13.6. The van der Waals surface area contributed by atoms with Gasteiger partial charge in [0.15, 0.2) is 5.76 Å². The Balaban J connectivity index is 1.89. The van der Waals surface area contributed by atoms with Crippen molar-refractivity contribution in [3.63, 3.8) is 0 Å². The lowest BCUT2D eigenvalue weighted by atomic mass is 9.89. The number of furan rings is 1. The van der Waals surface area contributed by atoms with Gasteiger partial charge in [-0.25, -0.2) is 4.79 Å². The third-order valence-corrected chi connectivity index (χ3v) is 4.58. The first-order valence-electron chi connectivity index (χ1n) is 9.33. The highest BCUT2D eigenvalue weighted by molar-refractivity contribution is 5.94. The predicted octanol–water partition coefficient (Wildman–Crippen LogP) is 4.44. The summed E-state index contributed by atoms with van der Waals surface area (Å²) in [5, 5.41) is 11.8. The molecule has 2 N–H and O–H groups in total. The second kappa shape index (κ2) is 9.04. The first-order valence-corrected chi connectivity index (χ1v) is 9.33. The van der Waals surface area contributed by atoms with Gasteiger partial charge in [0.05, 0.1) is 5.92 Å². The summed E-state index contributed by atoms with van der Waals surface area (Å²) in [6, 6.07) is 22.3. The van der Waals surface area contributed by atoms with Gasteiger partial charge in [0.2, 0.25) is 0 Å². The number of hydrogen-bond acceptors (Lipinski definition) is 3. The van der Waals surface area contributed by atoms with Crippen molar-refractivity contribution < 1.29 is 19.1 Å². The van der Waals surface area contributed by atoms with Crippen molar-refractivity contribution in [2.24, 2.45) is 0 Å². The summed E-state index contributed by atoms with van der Waals surface area (Å²) >= 11 is 0. The monoisotopic (exact) mass is 377 g/mol. The molecule has 144 valence electrons. The summed E-state index contributed by atoms with van der Waals surface area (Å²) in [4.78, 5) is 23.8. The maximum absolute atomic E-state index is 12.5. The number of carboxylic acids is 1. The van der Waals surface area contributed by atoms with Crippen LogP contribution in [0.15, 0.2) is 77.2 Å². The molecule has 5 nitrogen and oxygen atoms in total. The van der Waals surface area contributed by atoms with E-state index in [0.717, 1.165) is 11.1 Å². The quantitative estimate of drug-likeness (QED) is 0.608. The van der Waals surface area contributed by atoms with E-state index < -0.39 is 17.9 Å². The van der Waals surface area contributed by atoms with Crippen molar-refractivity contribution in [1.82, 2.24) is 5.32 Å². The van der Waals surface area contributed by atoms with Crippen molar-refractivity contribution >= 4 is 11.9 Å². The van der Waals surface area contributed by atoms with Crippen molar-refractivity contribution in [2.45, 2.75) is 31.7 Å². The first kappa shape index (κ1) is 19.4. The lowest BCUT2D eigenvalue weighted by Crippen LogP contribution is -2.40. The highest BCUT2D eigenvalue weighted by Gasteiger charge is 2.24. The molecule has 0 fully saturated rings. The summed E-state index contributed by atoms with van der Waals surface area (Å²) in [6.45, 7) is 1.87. The number of nitrogens with one attached hydrogen (secondary N) is 1. The van der Waals surface area contributed by atoms with Crippen LogP contribution in [0.3, 0.4) is 0 Å². The summed E-state index contributed by atoms with van der Waals surface area (Å²) in [7, 11) is 0. The predicted molar refractivity (Wildman–Crippen MR) is 106 cm³/mol. The number of carboxylic acid groups (broad SMARTS) is 1. The van der Waals surface area contributed by atoms with E-state index in [0.29, 0.717) is 18.6 Å². The summed E-state index contributed by atoms with van der Waals surface area (Å²) in [5.41, 5.74) is 2.09. The lowest BCUT2D eigenvalue weighted by molar-refractivity contribution is -0.139. The van der Waals surface area contributed by atoms with Crippen LogP contribution >= 0.6 is 0 Å². The Labute approximate surface area is 164 Å². The van der Waals surface area contributed by atoms with Gasteiger partial charge >= 0.3 is 5.97 Å². The van der Waals surface area contributed by atoms with Crippen LogP contribution in [0.5, 0.6) is 0 Å². The van der Waals surface area contributed by atoms with E-state index in [9.17, 15) is 14.7 Å². The lowest BCUT2D eigenvalue weighted by Gasteiger charge is -2.16. The maximum Gasteiger partial charge on any atom is 0.326 e. The molecule has 0 radical (unpaired) electrons. The van der Waals surface area contributed by atoms with Crippen LogP contribution in [-0.4, -0.2) is 23.0 Å². The van der Waals surface area contributed by atoms with Gasteiger partial charge in [0, 0.05) is 0 Å². The number of carbonyl (C=O) groups excluding carboxylic acids is 1. The molecule has 0 saturated heterocycles. The fourth-order valence-corrected chi connectivity index (χ4v) is 3.22. The maximum atomic E-state index is 12.5. The van der Waals surface area contributed by atoms with E-state index in [-0.39, 0.29) is 11.7 Å². The summed E-state index contributed by atoms with van der Waals surface area (Å²) in [6.07, 6.45) is 1.02. The minimum Gasteiger partial charge on any atom is -0.480 e. The molecule has 0 saturated carbocycles. The Morgan fingerprint density at radius 3 is 2.00 bits per heavy atom. The van der Waals surface area contributed by atoms with E-state index >= 15 is 0 Å². The van der Waals surface area contributed by atoms with Crippen LogP contribution in [-0.2, 0) is 4.79 Å². The van der Waals surface area contributed by atoms with Crippen LogP contribution in [0.1, 0.15) is 53.1 Å². The topological polar surface area (TPSA) is 79.5 Å². The Hall–Kier alpha value is -3.34. The highest BCUT2D eigenvalue weighted by Crippen LogP contribution is 2.32. The molecular weight excluding hydrogens is 354 g/mol. The average Bonchev–Trinajstić information content (AvgIpc) is 3.19. The molecule has 0 spiro atoms. The second-order valence-corrected chi connectivity index (χ2v) is 6.61. The molecule has 0 bridgehead atoms. The van der Waals surface area contributed by atoms with Gasteiger partial charge in [-0.05, 0) is 29.7 Å². The number of carbonyl (C=O) groups is 2. The van der Waals surface area contributed by atoms with Gasteiger partial charge < -0.3 is 14.8 Å². The molecule has 1 aromatic heterocycles. The van der Waals surface area contributed by atoms with Crippen molar-refractivity contribution in [3.8, 4) is 0 Å². The smallest absolute Gasteiger partial charge is 0.326 e. The van der Waals surface area contributed by atoms with Crippen LogP contribution in [0.25, 0.3) is 0 Å². The SMILES string of the molecule is CCCC(NC(=O)c1ccc(C(c2ccccc2)c2ccccc2)o1)C(=O)O. The highest BCUT2D eigenvalue weighted by atomic mass is 16.4. The molecule has 1 amide bonds. The summed E-state index contributed by atoms with van der Waals surface area (Å²) in [5.74, 6) is -0.991. The third kappa shape index (κ3) is 4.49. The van der Waals surface area contributed by atoms with Gasteiger partial charge in [0.25, 0.3) is 5.91 Å². The minimum absolute atomic E-state index is 0.106. The van der Waals surface area contributed by atoms with Crippen molar-refractivity contribution in [1.29, 1.82) is 0 Å². The number of benzene rings is 2. The van der Waals surface area contributed by atoms with Gasteiger partial charge in [-0.2, -0.15) is 0 Å². The van der Waals surface area contributed by atoms with E-state index in [4.69, 9.17) is 4.42 Å². The number of aliphatic carboxylic acids is 1. The zero-order valence-electron chi connectivity index (χ0n) is 15.7. The van der Waals surface area contributed by atoms with Crippen molar-refractivity contribution in [3.05, 3.63) is 95.4 Å². The molecule has 1 heterocycles. The van der Waals surface area contributed by atoms with Crippen LogP contribution in [0, 0.1) is 0 Å². The molecule has 3 aromatic rings. The number of rotatable bonds is 8. The van der Waals surface area contributed by atoms with Gasteiger partial charge in [0.1, 0.15) is 11.8 Å². The zero-order chi connectivity index (χ0) is 19.9. The Bertz CT molecular complexity index is 879. The van der Waals surface area contributed by atoms with E-state index in [2.05, 4.69) is 5.32 Å². The van der Waals surface area contributed by atoms with Crippen molar-refractivity contribution in [2.75, 3.05) is 0 Å². The number of hydrogen-bond donors (Lipinski definition) is 2. The molecule has 1 unspecified atom stereocenters. The van der Waals surface area contributed by atoms with E-state index in [1.807, 2.05) is 67.6 Å². The Kier molecular flexibility index (Phi) is 6.27. The van der Waals surface area contributed by atoms with Crippen LogP contribution in [0.2, 0.25) is 0 Å². The zero-order valence-corrected chi connectivity index (χ0v) is 15.7. The Morgan fingerprint density at radius 2 is 1.50 bits per heavy atom. The normalized spacial score (nSPS) is 11.9. The molecule has 5 heteroatoms.